The third-order valence-corrected chi connectivity index (χ3v) is 6.63. The number of ether oxygens (including phenoxy) is 2. The molecule has 0 unspecified atom stereocenters. The molecule has 0 aliphatic carbocycles. The summed E-state index contributed by atoms with van der Waals surface area (Å²) in [6, 6.07) is 14.4. The maximum Gasteiger partial charge on any atom is 0.340 e. The first-order valence-corrected chi connectivity index (χ1v) is 11.7. The van der Waals surface area contributed by atoms with Gasteiger partial charge in [-0.25, -0.2) is 4.79 Å². The zero-order valence-corrected chi connectivity index (χ0v) is 19.7. The molecule has 0 N–H and O–H groups in total. The second-order valence-electron chi connectivity index (χ2n) is 9.02. The number of aromatic nitrogens is 1. The highest BCUT2D eigenvalue weighted by atomic mass is 16.5. The van der Waals surface area contributed by atoms with E-state index in [2.05, 4.69) is 44.5 Å². The van der Waals surface area contributed by atoms with E-state index in [1.165, 1.54) is 0 Å². The van der Waals surface area contributed by atoms with Crippen LogP contribution in [0.1, 0.15) is 28.5 Å². The molecule has 1 aromatic heterocycles. The van der Waals surface area contributed by atoms with Crippen molar-refractivity contribution >= 4 is 16.9 Å². The van der Waals surface area contributed by atoms with Crippen molar-refractivity contribution in [2.45, 2.75) is 20.0 Å². The Morgan fingerprint density at radius 3 is 2.48 bits per heavy atom. The van der Waals surface area contributed by atoms with Crippen molar-refractivity contribution in [1.82, 2.24) is 19.3 Å². The molecule has 1 saturated heterocycles. The van der Waals surface area contributed by atoms with Gasteiger partial charge in [0.15, 0.2) is 0 Å². The summed E-state index contributed by atoms with van der Waals surface area (Å²) in [7, 11) is 4.19. The summed E-state index contributed by atoms with van der Waals surface area (Å²) in [6.45, 7) is 8.15. The number of carbonyl (C=O) groups excluding carboxylic acids is 1. The molecular weight excluding hydrogens is 416 g/mol. The van der Waals surface area contributed by atoms with Crippen LogP contribution >= 0.6 is 0 Å². The van der Waals surface area contributed by atoms with Gasteiger partial charge in [-0.3, -0.25) is 9.80 Å². The monoisotopic (exact) mass is 448 g/mol. The first-order chi connectivity index (χ1) is 16.1. The van der Waals surface area contributed by atoms with Crippen molar-refractivity contribution in [1.29, 1.82) is 0 Å². The van der Waals surface area contributed by atoms with Crippen LogP contribution in [0, 0.1) is 0 Å². The molecule has 0 atom stereocenters. The molecule has 2 aliphatic heterocycles. The number of rotatable bonds is 5. The Hall–Kier alpha value is -2.87. The van der Waals surface area contributed by atoms with Crippen LogP contribution < -0.4 is 4.74 Å². The van der Waals surface area contributed by atoms with Gasteiger partial charge in [0.2, 0.25) is 0 Å². The van der Waals surface area contributed by atoms with E-state index in [4.69, 9.17) is 9.47 Å². The lowest BCUT2D eigenvalue weighted by Crippen LogP contribution is -2.44. The summed E-state index contributed by atoms with van der Waals surface area (Å²) in [5.41, 5.74) is 4.78. The van der Waals surface area contributed by atoms with Crippen LogP contribution in [0.4, 0.5) is 0 Å². The standard InChI is InChI=1S/C26H32N4O3/c1-4-32-26(31)25-22(17-29-14-12-27(2)13-15-29)30(19-8-6-5-7-9-19)21-10-11-23-20(24(21)25)16-28(3)18-33-23/h5-11H,4,12-18H2,1-3H3. The molecule has 1 fully saturated rings. The SMILES string of the molecule is CCOC(=O)c1c(CN2CCN(C)CC2)n(-c2ccccc2)c2ccc3c(c12)CN(C)CO3. The van der Waals surface area contributed by atoms with Crippen molar-refractivity contribution in [3.8, 4) is 11.4 Å². The maximum atomic E-state index is 13.5. The number of likely N-dealkylation sites (N-methyl/N-ethyl adjacent to an activating group) is 1. The van der Waals surface area contributed by atoms with E-state index in [1.54, 1.807) is 0 Å². The number of esters is 1. The van der Waals surface area contributed by atoms with Crippen LogP contribution in [0.5, 0.6) is 5.75 Å². The number of nitrogens with zero attached hydrogens (tertiary/aromatic N) is 4. The summed E-state index contributed by atoms with van der Waals surface area (Å²) < 4.78 is 13.9. The predicted octanol–water partition coefficient (Wildman–Crippen LogP) is 3.34. The van der Waals surface area contributed by atoms with E-state index in [9.17, 15) is 4.79 Å². The third kappa shape index (κ3) is 4.12. The minimum absolute atomic E-state index is 0.261. The van der Waals surface area contributed by atoms with Crippen molar-refractivity contribution in [2.24, 2.45) is 0 Å². The number of hydrogen-bond donors (Lipinski definition) is 0. The van der Waals surface area contributed by atoms with Crippen molar-refractivity contribution in [2.75, 3.05) is 53.6 Å². The van der Waals surface area contributed by atoms with E-state index < -0.39 is 0 Å². The molecular formula is C26H32N4O3. The van der Waals surface area contributed by atoms with E-state index in [0.717, 1.165) is 66.3 Å². The van der Waals surface area contributed by atoms with Crippen molar-refractivity contribution in [3.05, 3.63) is 59.3 Å². The zero-order chi connectivity index (χ0) is 22.9. The normalized spacial score (nSPS) is 17.7. The van der Waals surface area contributed by atoms with Crippen molar-refractivity contribution in [3.63, 3.8) is 0 Å². The fourth-order valence-electron chi connectivity index (χ4n) is 4.93. The summed E-state index contributed by atoms with van der Waals surface area (Å²) in [6.07, 6.45) is 0. The van der Waals surface area contributed by atoms with Crippen LogP contribution in [0.2, 0.25) is 0 Å². The number of fused-ring (bicyclic) bond motifs is 3. The molecule has 3 heterocycles. The number of benzene rings is 2. The molecule has 33 heavy (non-hydrogen) atoms. The Labute approximate surface area is 195 Å². The Balaban J connectivity index is 1.76. The largest absolute Gasteiger partial charge is 0.478 e. The Morgan fingerprint density at radius 1 is 1.00 bits per heavy atom. The summed E-state index contributed by atoms with van der Waals surface area (Å²) >= 11 is 0. The quantitative estimate of drug-likeness (QED) is 0.558. The number of piperazine rings is 1. The maximum absolute atomic E-state index is 13.5. The second kappa shape index (κ2) is 9.17. The minimum Gasteiger partial charge on any atom is -0.478 e. The average Bonchev–Trinajstić information content (AvgIpc) is 3.15. The molecule has 2 aromatic carbocycles. The van der Waals surface area contributed by atoms with E-state index in [0.29, 0.717) is 25.4 Å². The Bertz CT molecular complexity index is 1150. The van der Waals surface area contributed by atoms with Gasteiger partial charge >= 0.3 is 5.97 Å². The lowest BCUT2D eigenvalue weighted by atomic mass is 10.0. The molecule has 7 nitrogen and oxygen atoms in total. The number of para-hydroxylation sites is 1. The van der Waals surface area contributed by atoms with Gasteiger partial charge in [0, 0.05) is 55.9 Å². The highest BCUT2D eigenvalue weighted by molar-refractivity contribution is 6.08. The molecule has 0 radical (unpaired) electrons. The molecule has 7 heteroatoms. The molecule has 0 saturated carbocycles. The van der Waals surface area contributed by atoms with Crippen LogP contribution in [0.3, 0.4) is 0 Å². The van der Waals surface area contributed by atoms with E-state index in [-0.39, 0.29) is 5.97 Å². The van der Waals surface area contributed by atoms with E-state index >= 15 is 0 Å². The summed E-state index contributed by atoms with van der Waals surface area (Å²) in [5.74, 6) is 0.588. The van der Waals surface area contributed by atoms with Gasteiger partial charge in [-0.2, -0.15) is 0 Å². The highest BCUT2D eigenvalue weighted by Crippen LogP contribution is 2.39. The smallest absolute Gasteiger partial charge is 0.340 e. The van der Waals surface area contributed by atoms with Gasteiger partial charge in [0.05, 0.1) is 23.4 Å². The minimum atomic E-state index is -0.261. The molecule has 174 valence electrons. The number of carbonyl (C=O) groups is 1. The number of hydrogen-bond acceptors (Lipinski definition) is 6. The predicted molar refractivity (Wildman–Crippen MR) is 129 cm³/mol. The van der Waals surface area contributed by atoms with Crippen LogP contribution in [-0.4, -0.2) is 78.8 Å². The lowest BCUT2D eigenvalue weighted by Gasteiger charge is -2.32. The summed E-state index contributed by atoms with van der Waals surface area (Å²) in [4.78, 5) is 20.4. The molecule has 0 amide bonds. The fourth-order valence-corrected chi connectivity index (χ4v) is 4.93. The second-order valence-corrected chi connectivity index (χ2v) is 9.02. The lowest BCUT2D eigenvalue weighted by molar-refractivity contribution is 0.0524. The van der Waals surface area contributed by atoms with Gasteiger partial charge in [0.25, 0.3) is 0 Å². The van der Waals surface area contributed by atoms with Gasteiger partial charge in [-0.1, -0.05) is 18.2 Å². The Kier molecular flexibility index (Phi) is 6.10. The van der Waals surface area contributed by atoms with Crippen LogP contribution in [0.25, 0.3) is 16.6 Å². The van der Waals surface area contributed by atoms with Gasteiger partial charge in [0.1, 0.15) is 12.5 Å². The molecule has 0 bridgehead atoms. The first kappa shape index (κ1) is 21.9. The average molecular weight is 449 g/mol. The third-order valence-electron chi connectivity index (χ3n) is 6.63. The molecule has 5 rings (SSSR count). The zero-order valence-electron chi connectivity index (χ0n) is 19.7. The molecule has 2 aliphatic rings. The Morgan fingerprint density at radius 2 is 1.76 bits per heavy atom. The van der Waals surface area contributed by atoms with E-state index in [1.807, 2.05) is 38.2 Å². The van der Waals surface area contributed by atoms with Crippen molar-refractivity contribution < 1.29 is 14.3 Å². The van der Waals surface area contributed by atoms with Crippen LogP contribution in [0.15, 0.2) is 42.5 Å². The highest BCUT2D eigenvalue weighted by Gasteiger charge is 2.31. The van der Waals surface area contributed by atoms with Gasteiger partial charge in [-0.05, 0) is 45.3 Å². The topological polar surface area (TPSA) is 50.2 Å². The summed E-state index contributed by atoms with van der Waals surface area (Å²) in [5, 5.41) is 0.950. The van der Waals surface area contributed by atoms with Crippen LogP contribution in [-0.2, 0) is 17.8 Å². The molecule has 0 spiro atoms. The van der Waals surface area contributed by atoms with Gasteiger partial charge < -0.3 is 18.9 Å². The van der Waals surface area contributed by atoms with Gasteiger partial charge in [-0.15, -0.1) is 0 Å². The first-order valence-electron chi connectivity index (χ1n) is 11.7. The fraction of sp³-hybridized carbons (Fsp3) is 0.423. The molecule has 3 aromatic rings.